The van der Waals surface area contributed by atoms with E-state index in [4.69, 9.17) is 9.05 Å². The molecule has 0 amide bonds. The molecule has 0 saturated carbocycles. The van der Waals surface area contributed by atoms with Crippen LogP contribution >= 0.6 is 23.5 Å². The molecular weight excluding hydrogens is 257 g/mol. The number of halogens is 1. The van der Waals surface area contributed by atoms with E-state index in [1.807, 2.05) is 0 Å². The summed E-state index contributed by atoms with van der Waals surface area (Å²) in [7, 11) is -0.531. The first-order valence-corrected chi connectivity index (χ1v) is 5.79. The Morgan fingerprint density at radius 2 is 2.00 bits per heavy atom. The van der Waals surface area contributed by atoms with Crippen LogP contribution in [0.15, 0.2) is 22.8 Å². The molecule has 0 aliphatic heterocycles. The van der Waals surface area contributed by atoms with Crippen molar-refractivity contribution in [1.82, 2.24) is 4.98 Å². The highest BCUT2D eigenvalue weighted by molar-refractivity contribution is 9.10. The zero-order chi connectivity index (χ0) is 9.90. The summed E-state index contributed by atoms with van der Waals surface area (Å²) in [5.41, 5.74) is 0.306. The molecule has 0 unspecified atom stereocenters. The molecule has 1 rings (SSSR count). The number of pyridine rings is 1. The lowest BCUT2D eigenvalue weighted by molar-refractivity contribution is 0.286. The summed E-state index contributed by atoms with van der Waals surface area (Å²) in [6.07, 6.45) is 1.54. The molecule has 6 heteroatoms. The molecule has 0 N–H and O–H groups in total. The molecule has 72 valence electrons. The predicted octanol–water partition coefficient (Wildman–Crippen LogP) is 1.96. The van der Waals surface area contributed by atoms with Gasteiger partial charge in [-0.15, -0.1) is 0 Å². The lowest BCUT2D eigenvalue weighted by Crippen LogP contribution is -2.11. The van der Waals surface area contributed by atoms with Crippen LogP contribution in [0.5, 0.6) is 0 Å². The molecule has 0 aromatic carbocycles. The lowest BCUT2D eigenvalue weighted by atomic mass is 10.5. The molecule has 1 aromatic heterocycles. The van der Waals surface area contributed by atoms with Crippen molar-refractivity contribution in [2.45, 2.75) is 0 Å². The molecule has 0 spiro atoms. The maximum atomic E-state index is 11.7. The van der Waals surface area contributed by atoms with E-state index < -0.39 is 7.60 Å². The second-order valence-corrected chi connectivity index (χ2v) is 5.30. The topological polar surface area (TPSA) is 48.4 Å². The van der Waals surface area contributed by atoms with Crippen molar-refractivity contribution in [2.24, 2.45) is 0 Å². The fourth-order valence-electron chi connectivity index (χ4n) is 0.792. The van der Waals surface area contributed by atoms with Crippen LogP contribution in [-0.2, 0) is 13.6 Å². The summed E-state index contributed by atoms with van der Waals surface area (Å²) in [5, 5.41) is 0. The number of hydrogen-bond acceptors (Lipinski definition) is 4. The van der Waals surface area contributed by atoms with Crippen molar-refractivity contribution >= 4 is 29.0 Å². The Labute approximate surface area is 84.9 Å². The van der Waals surface area contributed by atoms with Gasteiger partial charge in [-0.1, -0.05) is 0 Å². The van der Waals surface area contributed by atoms with Crippen LogP contribution in [0.4, 0.5) is 0 Å². The van der Waals surface area contributed by atoms with Crippen molar-refractivity contribution in [3.63, 3.8) is 0 Å². The van der Waals surface area contributed by atoms with Crippen molar-refractivity contribution in [1.29, 1.82) is 0 Å². The average molecular weight is 266 g/mol. The molecule has 13 heavy (non-hydrogen) atoms. The highest BCUT2D eigenvalue weighted by atomic mass is 79.9. The number of rotatable bonds is 3. The molecule has 4 nitrogen and oxygen atoms in total. The second-order valence-electron chi connectivity index (χ2n) is 2.20. The first-order chi connectivity index (χ1) is 6.12. The molecular formula is C7H9BrNO3P. The Balaban J connectivity index is 3.07. The van der Waals surface area contributed by atoms with Crippen LogP contribution < -0.4 is 5.44 Å². The molecule has 0 aliphatic carbocycles. The smallest absolute Gasteiger partial charge is 0.308 e. The fraction of sp³-hybridized carbons (Fsp3) is 0.286. The fourth-order valence-corrected chi connectivity index (χ4v) is 2.01. The molecule has 1 heterocycles. The summed E-state index contributed by atoms with van der Waals surface area (Å²) in [6.45, 7) is 0. The van der Waals surface area contributed by atoms with Gasteiger partial charge in [0, 0.05) is 24.9 Å². The molecule has 0 fully saturated rings. The zero-order valence-corrected chi connectivity index (χ0v) is 9.71. The molecule has 0 saturated heterocycles. The maximum absolute atomic E-state index is 11.7. The summed E-state index contributed by atoms with van der Waals surface area (Å²) < 4.78 is 22.1. The van der Waals surface area contributed by atoms with Crippen molar-refractivity contribution < 1.29 is 13.6 Å². The van der Waals surface area contributed by atoms with E-state index >= 15 is 0 Å². The van der Waals surface area contributed by atoms with Crippen LogP contribution in [0.25, 0.3) is 0 Å². The first kappa shape index (κ1) is 10.9. The van der Waals surface area contributed by atoms with E-state index in [9.17, 15) is 4.57 Å². The third-order valence-corrected chi connectivity index (χ3v) is 3.73. The van der Waals surface area contributed by atoms with Crippen LogP contribution in [0.3, 0.4) is 0 Å². The molecule has 0 aliphatic rings. The van der Waals surface area contributed by atoms with Gasteiger partial charge in [0.05, 0.1) is 0 Å². The second kappa shape index (κ2) is 4.33. The number of hydrogen-bond donors (Lipinski definition) is 0. The highest BCUT2D eigenvalue weighted by Crippen LogP contribution is 2.44. The summed E-state index contributed by atoms with van der Waals surface area (Å²) >= 11 is 3.22. The molecule has 1 aromatic rings. The van der Waals surface area contributed by atoms with Crippen LogP contribution in [-0.4, -0.2) is 19.2 Å². The van der Waals surface area contributed by atoms with Gasteiger partial charge in [-0.3, -0.25) is 4.57 Å². The van der Waals surface area contributed by atoms with E-state index in [2.05, 4.69) is 20.9 Å². The van der Waals surface area contributed by atoms with Crippen molar-refractivity contribution in [2.75, 3.05) is 14.2 Å². The van der Waals surface area contributed by atoms with Gasteiger partial charge in [0.2, 0.25) is 0 Å². The van der Waals surface area contributed by atoms with E-state index in [1.54, 1.807) is 18.3 Å². The average Bonchev–Trinajstić information content (AvgIpc) is 2.18. The van der Waals surface area contributed by atoms with Gasteiger partial charge in [0.1, 0.15) is 0 Å². The van der Waals surface area contributed by atoms with Gasteiger partial charge in [0.15, 0.2) is 5.44 Å². The highest BCUT2D eigenvalue weighted by Gasteiger charge is 2.25. The van der Waals surface area contributed by atoms with Gasteiger partial charge in [0.25, 0.3) is 0 Å². The van der Waals surface area contributed by atoms with E-state index in [-0.39, 0.29) is 0 Å². The summed E-state index contributed by atoms with van der Waals surface area (Å²) in [5.74, 6) is 0. The van der Waals surface area contributed by atoms with Gasteiger partial charge in [-0.2, -0.15) is 0 Å². The quantitative estimate of drug-likeness (QED) is 0.784. The lowest BCUT2D eigenvalue weighted by Gasteiger charge is -2.11. The van der Waals surface area contributed by atoms with E-state index in [0.29, 0.717) is 5.44 Å². The molecule has 0 bridgehead atoms. The zero-order valence-electron chi connectivity index (χ0n) is 7.23. The van der Waals surface area contributed by atoms with Crippen LogP contribution in [0.1, 0.15) is 0 Å². The summed E-state index contributed by atoms with van der Waals surface area (Å²) in [4.78, 5) is 3.93. The Kier molecular flexibility index (Phi) is 3.62. The Bertz CT molecular complexity index is 319. The van der Waals surface area contributed by atoms with E-state index in [0.717, 1.165) is 4.47 Å². The van der Waals surface area contributed by atoms with E-state index in [1.165, 1.54) is 14.2 Å². The van der Waals surface area contributed by atoms with Gasteiger partial charge < -0.3 is 9.05 Å². The molecule has 0 radical (unpaired) electrons. The third-order valence-electron chi connectivity index (χ3n) is 1.47. The largest absolute Gasteiger partial charge is 0.379 e. The summed E-state index contributed by atoms with van der Waals surface area (Å²) in [6, 6.07) is 3.32. The Hall–Kier alpha value is -0.220. The Morgan fingerprint density at radius 3 is 2.38 bits per heavy atom. The minimum Gasteiger partial charge on any atom is -0.308 e. The first-order valence-electron chi connectivity index (χ1n) is 3.46. The van der Waals surface area contributed by atoms with Gasteiger partial charge in [-0.05, 0) is 28.1 Å². The monoisotopic (exact) mass is 265 g/mol. The minimum atomic E-state index is -3.19. The van der Waals surface area contributed by atoms with Crippen molar-refractivity contribution in [3.8, 4) is 0 Å². The minimum absolute atomic E-state index is 0.306. The van der Waals surface area contributed by atoms with Crippen LogP contribution in [0, 0.1) is 0 Å². The predicted molar refractivity (Wildman–Crippen MR) is 53.2 cm³/mol. The number of aromatic nitrogens is 1. The van der Waals surface area contributed by atoms with Gasteiger partial charge >= 0.3 is 7.60 Å². The third kappa shape index (κ3) is 2.38. The normalized spacial score (nSPS) is 11.6. The van der Waals surface area contributed by atoms with Crippen molar-refractivity contribution in [3.05, 3.63) is 22.8 Å². The standard InChI is InChI=1S/C7H9BrNO3P/c1-11-13(10,12-2)7-4-3-6(8)5-9-7/h3-5H,1-2H3. The van der Waals surface area contributed by atoms with Crippen LogP contribution in [0.2, 0.25) is 0 Å². The Morgan fingerprint density at radius 1 is 1.38 bits per heavy atom. The maximum Gasteiger partial charge on any atom is 0.379 e. The van der Waals surface area contributed by atoms with Gasteiger partial charge in [-0.25, -0.2) is 4.98 Å². The SMILES string of the molecule is COP(=O)(OC)c1ccc(Br)cn1. The molecule has 0 atom stereocenters. The number of nitrogens with zero attached hydrogens (tertiary/aromatic N) is 1.